The lowest BCUT2D eigenvalue weighted by Crippen LogP contribution is -2.22. The third kappa shape index (κ3) is 2.44. The number of nitrogens with zero attached hydrogens (tertiary/aromatic N) is 4. The van der Waals surface area contributed by atoms with Crippen molar-refractivity contribution in [3.05, 3.63) is 56.5 Å². The van der Waals surface area contributed by atoms with Crippen molar-refractivity contribution in [3.8, 4) is 23.4 Å². The maximum Gasteiger partial charge on any atom is 0.276 e. The fraction of sp³-hybridized carbons (Fsp3) is 0.176. The van der Waals surface area contributed by atoms with Crippen molar-refractivity contribution in [2.75, 3.05) is 0 Å². The Morgan fingerprint density at radius 2 is 2.00 bits per heavy atom. The molecule has 2 aromatic heterocycles. The summed E-state index contributed by atoms with van der Waals surface area (Å²) in [5, 5.41) is 21.5. The highest BCUT2D eigenvalue weighted by molar-refractivity contribution is 6.31. The number of nitriles is 2. The fourth-order valence-electron chi connectivity index (χ4n) is 2.64. The quantitative estimate of drug-likeness (QED) is 0.776. The highest BCUT2D eigenvalue weighted by atomic mass is 35.5. The van der Waals surface area contributed by atoms with E-state index in [0.717, 1.165) is 0 Å². The van der Waals surface area contributed by atoms with Crippen LogP contribution in [-0.4, -0.2) is 14.6 Å². The van der Waals surface area contributed by atoms with Gasteiger partial charge in [-0.1, -0.05) is 25.4 Å². The van der Waals surface area contributed by atoms with E-state index < -0.39 is 0 Å². The normalized spacial score (nSPS) is 10.8. The molecule has 1 aromatic carbocycles. The fourth-order valence-corrected chi connectivity index (χ4v) is 2.88. The van der Waals surface area contributed by atoms with E-state index in [0.29, 0.717) is 27.4 Å². The van der Waals surface area contributed by atoms with E-state index in [1.54, 1.807) is 18.2 Å². The molecule has 0 saturated carbocycles. The predicted molar refractivity (Wildman–Crippen MR) is 89.8 cm³/mol. The highest BCUT2D eigenvalue weighted by Crippen LogP contribution is 2.29. The lowest BCUT2D eigenvalue weighted by molar-refractivity contribution is 0.797. The Morgan fingerprint density at radius 3 is 2.62 bits per heavy atom. The van der Waals surface area contributed by atoms with Crippen LogP contribution < -0.4 is 5.56 Å². The molecule has 6 nitrogen and oxygen atoms in total. The van der Waals surface area contributed by atoms with E-state index >= 15 is 0 Å². The van der Waals surface area contributed by atoms with Gasteiger partial charge in [-0.2, -0.15) is 10.5 Å². The zero-order valence-corrected chi connectivity index (χ0v) is 13.7. The van der Waals surface area contributed by atoms with Crippen molar-refractivity contribution in [2.24, 2.45) is 0 Å². The second-order valence-electron chi connectivity index (χ2n) is 5.63. The Labute approximate surface area is 142 Å². The van der Waals surface area contributed by atoms with Gasteiger partial charge in [0.05, 0.1) is 17.3 Å². The number of H-pyrrole nitrogens is 1. The molecular weight excluding hydrogens is 326 g/mol. The third-order valence-electron chi connectivity index (χ3n) is 3.70. The molecule has 0 spiro atoms. The molecule has 7 heteroatoms. The summed E-state index contributed by atoms with van der Waals surface area (Å²) in [6.45, 7) is 3.77. The SMILES string of the molecule is CC(C)c1c(-c2cc(Cl)cc(C#N)c2)nc2c(C#N)c[nH]n2c1=O. The number of nitrogens with one attached hydrogen (secondary N) is 1. The van der Waals surface area contributed by atoms with Crippen LogP contribution in [0.2, 0.25) is 5.02 Å². The monoisotopic (exact) mass is 337 g/mol. The van der Waals surface area contributed by atoms with Crippen LogP contribution in [0.4, 0.5) is 0 Å². The molecule has 3 aromatic rings. The van der Waals surface area contributed by atoms with Crippen molar-refractivity contribution in [2.45, 2.75) is 19.8 Å². The van der Waals surface area contributed by atoms with Gasteiger partial charge in [0.2, 0.25) is 0 Å². The van der Waals surface area contributed by atoms with Crippen LogP contribution in [0.1, 0.15) is 36.5 Å². The van der Waals surface area contributed by atoms with Crippen LogP contribution in [0.5, 0.6) is 0 Å². The summed E-state index contributed by atoms with van der Waals surface area (Å²) in [6, 6.07) is 8.88. The standard InChI is InChI=1S/C17H12ClN5O/c1-9(2)14-15(11-3-10(6-19)4-13(18)5-11)22-16-12(7-20)8-21-23(16)17(14)24/h3-5,8-9,21H,1-2H3. The molecular formula is C17H12ClN5O. The molecule has 24 heavy (non-hydrogen) atoms. The second kappa shape index (κ2) is 5.84. The molecule has 0 amide bonds. The van der Waals surface area contributed by atoms with Crippen LogP contribution >= 0.6 is 11.6 Å². The van der Waals surface area contributed by atoms with E-state index in [-0.39, 0.29) is 22.7 Å². The van der Waals surface area contributed by atoms with Gasteiger partial charge in [0.1, 0.15) is 11.6 Å². The molecule has 0 unspecified atom stereocenters. The first-order valence-corrected chi connectivity index (χ1v) is 7.59. The van der Waals surface area contributed by atoms with Gasteiger partial charge in [-0.15, -0.1) is 0 Å². The number of rotatable bonds is 2. The molecule has 118 valence electrons. The minimum atomic E-state index is -0.273. The lowest BCUT2D eigenvalue weighted by atomic mass is 9.97. The summed E-state index contributed by atoms with van der Waals surface area (Å²) in [6.07, 6.45) is 1.44. The van der Waals surface area contributed by atoms with Crippen molar-refractivity contribution in [1.29, 1.82) is 10.5 Å². The average molecular weight is 338 g/mol. The Morgan fingerprint density at radius 1 is 1.25 bits per heavy atom. The maximum atomic E-state index is 12.8. The zero-order chi connectivity index (χ0) is 17.4. The van der Waals surface area contributed by atoms with Crippen LogP contribution in [0, 0.1) is 22.7 Å². The summed E-state index contributed by atoms with van der Waals surface area (Å²) >= 11 is 6.09. The number of hydrogen-bond acceptors (Lipinski definition) is 4. The van der Waals surface area contributed by atoms with E-state index in [1.807, 2.05) is 26.0 Å². The van der Waals surface area contributed by atoms with Gasteiger partial charge < -0.3 is 0 Å². The largest absolute Gasteiger partial charge is 0.295 e. The van der Waals surface area contributed by atoms with Crippen molar-refractivity contribution in [3.63, 3.8) is 0 Å². The number of benzene rings is 1. The molecule has 3 rings (SSSR count). The van der Waals surface area contributed by atoms with E-state index in [9.17, 15) is 10.1 Å². The highest BCUT2D eigenvalue weighted by Gasteiger charge is 2.20. The van der Waals surface area contributed by atoms with E-state index in [4.69, 9.17) is 16.9 Å². The number of aromatic amines is 1. The van der Waals surface area contributed by atoms with Crippen LogP contribution in [-0.2, 0) is 0 Å². The Kier molecular flexibility index (Phi) is 3.84. The van der Waals surface area contributed by atoms with E-state index in [2.05, 4.69) is 10.1 Å². The maximum absolute atomic E-state index is 12.8. The van der Waals surface area contributed by atoms with Gasteiger partial charge in [-0.05, 0) is 24.1 Å². The molecule has 0 atom stereocenters. The molecule has 2 heterocycles. The number of fused-ring (bicyclic) bond motifs is 1. The van der Waals surface area contributed by atoms with Gasteiger partial charge in [-0.25, -0.2) is 9.50 Å². The van der Waals surface area contributed by atoms with Gasteiger partial charge >= 0.3 is 0 Å². The molecule has 0 saturated heterocycles. The summed E-state index contributed by atoms with van der Waals surface area (Å²) < 4.78 is 1.26. The lowest BCUT2D eigenvalue weighted by Gasteiger charge is -2.12. The number of aromatic nitrogens is 3. The first kappa shape index (κ1) is 15.8. The Hall–Kier alpha value is -3.09. The average Bonchev–Trinajstić information content (AvgIpc) is 2.97. The minimum absolute atomic E-state index is 0.102. The first-order chi connectivity index (χ1) is 11.5. The molecule has 0 bridgehead atoms. The predicted octanol–water partition coefficient (Wildman–Crippen LogP) is 3.21. The van der Waals surface area contributed by atoms with Gasteiger partial charge in [0.15, 0.2) is 5.65 Å². The van der Waals surface area contributed by atoms with Crippen LogP contribution in [0.3, 0.4) is 0 Å². The first-order valence-electron chi connectivity index (χ1n) is 7.21. The second-order valence-corrected chi connectivity index (χ2v) is 6.07. The Bertz CT molecular complexity index is 1100. The summed E-state index contributed by atoms with van der Waals surface area (Å²) in [7, 11) is 0. The topological polar surface area (TPSA) is 97.7 Å². The van der Waals surface area contributed by atoms with E-state index in [1.165, 1.54) is 10.7 Å². The van der Waals surface area contributed by atoms with Crippen molar-refractivity contribution >= 4 is 17.2 Å². The van der Waals surface area contributed by atoms with Crippen LogP contribution in [0.15, 0.2) is 29.2 Å². The smallest absolute Gasteiger partial charge is 0.276 e. The summed E-state index contributed by atoms with van der Waals surface area (Å²) in [5.74, 6) is -0.102. The molecule has 0 aliphatic carbocycles. The number of halogens is 1. The minimum Gasteiger partial charge on any atom is -0.295 e. The van der Waals surface area contributed by atoms with Crippen molar-refractivity contribution < 1.29 is 0 Å². The molecule has 1 N–H and O–H groups in total. The third-order valence-corrected chi connectivity index (χ3v) is 3.91. The molecule has 0 aliphatic rings. The molecule has 0 fully saturated rings. The van der Waals surface area contributed by atoms with Crippen LogP contribution in [0.25, 0.3) is 16.9 Å². The summed E-state index contributed by atoms with van der Waals surface area (Å²) in [5.41, 5.74) is 2.13. The molecule has 0 radical (unpaired) electrons. The Balaban J connectivity index is 2.45. The van der Waals surface area contributed by atoms with Crippen molar-refractivity contribution in [1.82, 2.24) is 14.6 Å². The summed E-state index contributed by atoms with van der Waals surface area (Å²) in [4.78, 5) is 17.3. The van der Waals surface area contributed by atoms with Gasteiger partial charge in [0, 0.05) is 22.3 Å². The number of hydrogen-bond donors (Lipinski definition) is 1. The molecule has 0 aliphatic heterocycles. The van der Waals surface area contributed by atoms with Gasteiger partial charge in [-0.3, -0.25) is 9.89 Å². The van der Waals surface area contributed by atoms with Gasteiger partial charge in [0.25, 0.3) is 5.56 Å². The zero-order valence-electron chi connectivity index (χ0n) is 13.0.